The molecule has 20 heavy (non-hydrogen) atoms. The lowest BCUT2D eigenvalue weighted by Crippen LogP contribution is -2.02. The number of phenols is 1. The molecule has 4 nitrogen and oxygen atoms in total. The minimum Gasteiger partial charge on any atom is -0.508 e. The molecule has 3 rings (SSSR count). The van der Waals surface area contributed by atoms with Gasteiger partial charge in [0.15, 0.2) is 0 Å². The van der Waals surface area contributed by atoms with Gasteiger partial charge in [-0.2, -0.15) is 0 Å². The number of nitrogens with zero attached hydrogens (tertiary/aromatic N) is 2. The number of rotatable bonds is 4. The van der Waals surface area contributed by atoms with Gasteiger partial charge in [-0.05, 0) is 18.2 Å². The first-order valence-corrected chi connectivity index (χ1v) is 6.34. The number of benzene rings is 1. The molecule has 0 unspecified atom stereocenters. The van der Waals surface area contributed by atoms with Crippen LogP contribution in [0.3, 0.4) is 0 Å². The van der Waals surface area contributed by atoms with E-state index in [1.807, 2.05) is 35.0 Å². The van der Waals surface area contributed by atoms with Crippen LogP contribution in [0.4, 0.5) is 10.1 Å². The number of hydrogen-bond acceptors (Lipinski definition) is 3. The zero-order valence-electron chi connectivity index (χ0n) is 10.8. The highest BCUT2D eigenvalue weighted by atomic mass is 19.1. The number of nitrogens with one attached hydrogen (secondary N) is 1. The van der Waals surface area contributed by atoms with Crippen LogP contribution in [0, 0.1) is 0 Å². The van der Waals surface area contributed by atoms with Crippen LogP contribution in [0.25, 0.3) is 16.9 Å². The Kier molecular flexibility index (Phi) is 3.25. The maximum atomic E-state index is 12.1. The Morgan fingerprint density at radius 2 is 2.15 bits per heavy atom. The van der Waals surface area contributed by atoms with Gasteiger partial charge in [0.1, 0.15) is 18.1 Å². The molecular weight excluding hydrogens is 257 g/mol. The van der Waals surface area contributed by atoms with Gasteiger partial charge in [0, 0.05) is 36.3 Å². The second kappa shape index (κ2) is 5.21. The summed E-state index contributed by atoms with van der Waals surface area (Å²) >= 11 is 0. The van der Waals surface area contributed by atoms with Crippen LogP contribution in [0.15, 0.2) is 48.8 Å². The summed E-state index contributed by atoms with van der Waals surface area (Å²) in [5.41, 5.74) is 3.24. The van der Waals surface area contributed by atoms with Crippen molar-refractivity contribution >= 4 is 11.3 Å². The van der Waals surface area contributed by atoms with Crippen molar-refractivity contribution in [1.29, 1.82) is 0 Å². The quantitative estimate of drug-likeness (QED) is 0.766. The minimum atomic E-state index is -0.409. The average molecular weight is 271 g/mol. The normalized spacial score (nSPS) is 10.8. The van der Waals surface area contributed by atoms with Gasteiger partial charge in [0.2, 0.25) is 0 Å². The molecule has 0 aliphatic carbocycles. The molecule has 0 radical (unpaired) electrons. The predicted octanol–water partition coefficient (Wildman–Crippen LogP) is 3.09. The molecule has 102 valence electrons. The largest absolute Gasteiger partial charge is 0.508 e. The Bertz CT molecular complexity index is 739. The number of pyridine rings is 1. The van der Waals surface area contributed by atoms with Crippen molar-refractivity contribution in [3.63, 3.8) is 0 Å². The average Bonchev–Trinajstić information content (AvgIpc) is 2.88. The van der Waals surface area contributed by atoms with Crippen molar-refractivity contribution < 1.29 is 9.50 Å². The van der Waals surface area contributed by atoms with Crippen LogP contribution < -0.4 is 5.32 Å². The van der Waals surface area contributed by atoms with Crippen molar-refractivity contribution in [2.75, 3.05) is 18.5 Å². The zero-order valence-corrected chi connectivity index (χ0v) is 10.8. The van der Waals surface area contributed by atoms with Crippen LogP contribution in [-0.4, -0.2) is 27.7 Å². The van der Waals surface area contributed by atoms with Gasteiger partial charge in [-0.3, -0.25) is 0 Å². The third kappa shape index (κ3) is 2.42. The van der Waals surface area contributed by atoms with Gasteiger partial charge >= 0.3 is 0 Å². The highest BCUT2D eigenvalue weighted by Crippen LogP contribution is 2.23. The number of imidazole rings is 1. The van der Waals surface area contributed by atoms with Gasteiger partial charge in [0.05, 0.1) is 5.69 Å². The van der Waals surface area contributed by atoms with Gasteiger partial charge < -0.3 is 14.8 Å². The fourth-order valence-electron chi connectivity index (χ4n) is 2.09. The second-order valence-corrected chi connectivity index (χ2v) is 4.47. The summed E-state index contributed by atoms with van der Waals surface area (Å²) in [6.07, 6.45) is 3.76. The van der Waals surface area contributed by atoms with Gasteiger partial charge in [-0.1, -0.05) is 12.1 Å². The SMILES string of the molecule is Oc1cccc(-c2cn3ccc(NCCF)cc3n2)c1. The zero-order chi connectivity index (χ0) is 13.9. The Balaban J connectivity index is 1.98. The summed E-state index contributed by atoms with van der Waals surface area (Å²) in [7, 11) is 0. The number of phenolic OH excluding ortho intramolecular Hbond substituents is 1. The monoisotopic (exact) mass is 271 g/mol. The number of hydrogen-bond donors (Lipinski definition) is 2. The van der Waals surface area contributed by atoms with Gasteiger partial charge in [-0.15, -0.1) is 0 Å². The van der Waals surface area contributed by atoms with Crippen molar-refractivity contribution in [1.82, 2.24) is 9.38 Å². The first kappa shape index (κ1) is 12.5. The maximum Gasteiger partial charge on any atom is 0.139 e. The predicted molar refractivity (Wildman–Crippen MR) is 76.8 cm³/mol. The van der Waals surface area contributed by atoms with Crippen molar-refractivity contribution in [3.8, 4) is 17.0 Å². The topological polar surface area (TPSA) is 49.6 Å². The number of anilines is 1. The molecule has 0 aliphatic heterocycles. The molecule has 0 bridgehead atoms. The van der Waals surface area contributed by atoms with E-state index in [1.54, 1.807) is 18.2 Å². The van der Waals surface area contributed by atoms with Crippen LogP contribution in [-0.2, 0) is 0 Å². The highest BCUT2D eigenvalue weighted by Gasteiger charge is 2.05. The Morgan fingerprint density at radius 3 is 2.95 bits per heavy atom. The van der Waals surface area contributed by atoms with Crippen LogP contribution in [0.5, 0.6) is 5.75 Å². The Morgan fingerprint density at radius 1 is 1.25 bits per heavy atom. The third-order valence-electron chi connectivity index (χ3n) is 3.03. The molecular formula is C15H14FN3O. The molecule has 0 saturated carbocycles. The molecule has 0 fully saturated rings. The molecule has 2 aromatic heterocycles. The summed E-state index contributed by atoms with van der Waals surface area (Å²) in [5.74, 6) is 0.213. The van der Waals surface area contributed by atoms with E-state index in [4.69, 9.17) is 0 Å². The lowest BCUT2D eigenvalue weighted by molar-refractivity contribution is 0.475. The van der Waals surface area contributed by atoms with Crippen LogP contribution in [0.2, 0.25) is 0 Å². The lowest BCUT2D eigenvalue weighted by Gasteiger charge is -2.03. The number of fused-ring (bicyclic) bond motifs is 1. The third-order valence-corrected chi connectivity index (χ3v) is 3.03. The maximum absolute atomic E-state index is 12.1. The number of alkyl halides is 1. The summed E-state index contributed by atoms with van der Waals surface area (Å²) in [5, 5.41) is 12.5. The van der Waals surface area contributed by atoms with Gasteiger partial charge in [0.25, 0.3) is 0 Å². The van der Waals surface area contributed by atoms with E-state index in [9.17, 15) is 9.50 Å². The van der Waals surface area contributed by atoms with Gasteiger partial charge in [-0.25, -0.2) is 9.37 Å². The molecule has 2 heterocycles. The van der Waals surface area contributed by atoms with E-state index in [2.05, 4.69) is 10.3 Å². The first-order chi connectivity index (χ1) is 9.76. The molecule has 0 amide bonds. The first-order valence-electron chi connectivity index (χ1n) is 6.34. The molecule has 5 heteroatoms. The van der Waals surface area contributed by atoms with Crippen molar-refractivity contribution in [2.45, 2.75) is 0 Å². The minimum absolute atomic E-state index is 0.213. The molecule has 2 N–H and O–H groups in total. The highest BCUT2D eigenvalue weighted by molar-refractivity contribution is 5.66. The Hall–Kier alpha value is -2.56. The smallest absolute Gasteiger partial charge is 0.139 e. The summed E-state index contributed by atoms with van der Waals surface area (Å²) < 4.78 is 14.0. The summed E-state index contributed by atoms with van der Waals surface area (Å²) in [4.78, 5) is 4.51. The number of aromatic hydroxyl groups is 1. The fourth-order valence-corrected chi connectivity index (χ4v) is 2.09. The van der Waals surface area contributed by atoms with E-state index < -0.39 is 6.67 Å². The van der Waals surface area contributed by atoms with E-state index in [1.165, 1.54) is 0 Å². The molecule has 0 saturated heterocycles. The molecule has 0 aliphatic rings. The summed E-state index contributed by atoms with van der Waals surface area (Å²) in [6.45, 7) is -0.121. The molecule has 3 aromatic rings. The Labute approximate surface area is 115 Å². The number of halogens is 1. The fraction of sp³-hybridized carbons (Fsp3) is 0.133. The second-order valence-electron chi connectivity index (χ2n) is 4.47. The van der Waals surface area contributed by atoms with E-state index in [0.717, 1.165) is 22.6 Å². The van der Waals surface area contributed by atoms with Crippen molar-refractivity contribution in [2.24, 2.45) is 0 Å². The summed E-state index contributed by atoms with van der Waals surface area (Å²) in [6, 6.07) is 10.7. The molecule has 0 atom stereocenters. The van der Waals surface area contributed by atoms with Crippen LogP contribution >= 0.6 is 0 Å². The van der Waals surface area contributed by atoms with Crippen molar-refractivity contribution in [3.05, 3.63) is 48.8 Å². The molecule has 0 spiro atoms. The van der Waals surface area contributed by atoms with E-state index in [-0.39, 0.29) is 12.3 Å². The number of aromatic nitrogens is 2. The standard InChI is InChI=1S/C15H14FN3O/c16-5-6-17-12-4-7-19-10-14(18-15(19)9-12)11-2-1-3-13(20)8-11/h1-4,7-10,17,20H,5-6H2. The lowest BCUT2D eigenvalue weighted by atomic mass is 10.2. The van der Waals surface area contributed by atoms with E-state index in [0.29, 0.717) is 0 Å². The molecule has 1 aromatic carbocycles. The van der Waals surface area contributed by atoms with E-state index >= 15 is 0 Å². The van der Waals surface area contributed by atoms with Crippen LogP contribution in [0.1, 0.15) is 0 Å².